The van der Waals surface area contributed by atoms with Crippen LogP contribution in [-0.4, -0.2) is 51.8 Å². The van der Waals surface area contributed by atoms with Gasteiger partial charge in [-0.25, -0.2) is 4.98 Å². The minimum Gasteiger partial charge on any atom is -0.431 e. The summed E-state index contributed by atoms with van der Waals surface area (Å²) in [4.78, 5) is 11.0. The van der Waals surface area contributed by atoms with E-state index in [0.717, 1.165) is 31.6 Å². The van der Waals surface area contributed by atoms with E-state index in [1.807, 2.05) is 19.9 Å². The Bertz CT molecular complexity index is 891. The molecule has 1 aliphatic carbocycles. The summed E-state index contributed by atoms with van der Waals surface area (Å²) in [7, 11) is 0. The summed E-state index contributed by atoms with van der Waals surface area (Å²) < 4.78 is 29.8. The number of pyridine rings is 2. The number of nitrogens with two attached hydrogens (primary N) is 1. The molecule has 0 radical (unpaired) electrons. The van der Waals surface area contributed by atoms with Gasteiger partial charge in [0, 0.05) is 48.9 Å². The molecule has 0 aromatic carbocycles. The molecule has 3 N–H and O–H groups in total. The zero-order valence-electron chi connectivity index (χ0n) is 16.6. The van der Waals surface area contributed by atoms with Gasteiger partial charge in [0.05, 0.1) is 11.3 Å². The molecule has 2 aliphatic rings. The number of anilines is 1. The number of hydrogen-bond donors (Lipinski definition) is 2. The summed E-state index contributed by atoms with van der Waals surface area (Å²) in [6.45, 7) is 3.03. The van der Waals surface area contributed by atoms with E-state index < -0.39 is 12.2 Å². The maximum Gasteiger partial charge on any atom is 0.387 e. The van der Waals surface area contributed by atoms with Gasteiger partial charge in [-0.3, -0.25) is 9.88 Å². The Morgan fingerprint density at radius 1 is 1.24 bits per heavy atom. The molecular weight excluding hydrogens is 378 g/mol. The molecule has 1 aliphatic heterocycles. The number of aromatic nitrogens is 2. The fourth-order valence-corrected chi connectivity index (χ4v) is 3.79. The quantitative estimate of drug-likeness (QED) is 0.736. The van der Waals surface area contributed by atoms with Crippen LogP contribution in [0.1, 0.15) is 49.8 Å². The van der Waals surface area contributed by atoms with E-state index in [1.54, 1.807) is 0 Å². The maximum atomic E-state index is 12.6. The first kappa shape index (κ1) is 20.0. The molecule has 2 aromatic rings. The molecular formula is C21H26F2N4O2. The van der Waals surface area contributed by atoms with Crippen molar-refractivity contribution in [3.05, 3.63) is 35.7 Å². The average molecular weight is 404 g/mol. The van der Waals surface area contributed by atoms with E-state index in [9.17, 15) is 13.9 Å². The average Bonchev–Trinajstić information content (AvgIpc) is 3.43. The van der Waals surface area contributed by atoms with Gasteiger partial charge in [0.15, 0.2) is 11.6 Å². The van der Waals surface area contributed by atoms with Crippen molar-refractivity contribution >= 4 is 5.82 Å². The van der Waals surface area contributed by atoms with Crippen molar-refractivity contribution in [2.75, 3.05) is 25.4 Å². The SMILES string of the molecule is CC(C)(O)CN1CC(c2cc(-c3cnc(N)c(OC(F)F)c3)nc(C3CC3)c2)C1. The molecule has 8 heteroatoms. The second-order valence-corrected chi connectivity index (χ2v) is 8.67. The monoisotopic (exact) mass is 404 g/mol. The number of β-amino-alcohol motifs (C(OH)–C–C–N with tert-alkyl or cyclic N) is 1. The Morgan fingerprint density at radius 3 is 2.59 bits per heavy atom. The normalized spacial score (nSPS) is 18.1. The fraction of sp³-hybridized carbons (Fsp3) is 0.524. The topological polar surface area (TPSA) is 84.5 Å². The minimum absolute atomic E-state index is 0.0751. The number of aliphatic hydroxyl groups is 1. The summed E-state index contributed by atoms with van der Waals surface area (Å²) in [6.07, 6.45) is 3.77. The lowest BCUT2D eigenvalue weighted by molar-refractivity contribution is -0.0494. The van der Waals surface area contributed by atoms with Crippen molar-refractivity contribution in [3.63, 3.8) is 0 Å². The molecule has 6 nitrogen and oxygen atoms in total. The maximum absolute atomic E-state index is 12.6. The van der Waals surface area contributed by atoms with Crippen molar-refractivity contribution in [2.45, 2.75) is 50.7 Å². The second-order valence-electron chi connectivity index (χ2n) is 8.67. The molecule has 3 heterocycles. The number of rotatable bonds is 7. The van der Waals surface area contributed by atoms with Crippen LogP contribution in [0.25, 0.3) is 11.3 Å². The van der Waals surface area contributed by atoms with E-state index in [-0.39, 0.29) is 11.6 Å². The third kappa shape index (κ3) is 4.82. The van der Waals surface area contributed by atoms with Crippen molar-refractivity contribution in [3.8, 4) is 17.0 Å². The first-order chi connectivity index (χ1) is 13.7. The summed E-state index contributed by atoms with van der Waals surface area (Å²) >= 11 is 0. The number of halogens is 2. The predicted molar refractivity (Wildman–Crippen MR) is 106 cm³/mol. The second kappa shape index (κ2) is 7.50. The predicted octanol–water partition coefficient (Wildman–Crippen LogP) is 3.37. The lowest BCUT2D eigenvalue weighted by atomic mass is 9.89. The number of hydrogen-bond acceptors (Lipinski definition) is 6. The lowest BCUT2D eigenvalue weighted by Crippen LogP contribution is -2.50. The Hall–Kier alpha value is -2.32. The van der Waals surface area contributed by atoms with Crippen LogP contribution in [0, 0.1) is 0 Å². The summed E-state index contributed by atoms with van der Waals surface area (Å²) in [5, 5.41) is 10.0. The Morgan fingerprint density at radius 2 is 1.97 bits per heavy atom. The van der Waals surface area contributed by atoms with Gasteiger partial charge in [-0.2, -0.15) is 8.78 Å². The van der Waals surface area contributed by atoms with Crippen LogP contribution in [0.2, 0.25) is 0 Å². The molecule has 2 fully saturated rings. The van der Waals surface area contributed by atoms with Gasteiger partial charge in [0.25, 0.3) is 0 Å². The first-order valence-corrected chi connectivity index (χ1v) is 9.85. The number of nitrogen functional groups attached to an aromatic ring is 1. The van der Waals surface area contributed by atoms with Gasteiger partial charge in [-0.05, 0) is 50.5 Å². The third-order valence-corrected chi connectivity index (χ3v) is 5.30. The van der Waals surface area contributed by atoms with Crippen LogP contribution >= 0.6 is 0 Å². The van der Waals surface area contributed by atoms with E-state index in [0.29, 0.717) is 29.6 Å². The third-order valence-electron chi connectivity index (χ3n) is 5.30. The Kier molecular flexibility index (Phi) is 5.16. The van der Waals surface area contributed by atoms with Crippen LogP contribution in [0.5, 0.6) is 5.75 Å². The van der Waals surface area contributed by atoms with Crippen LogP contribution in [0.15, 0.2) is 24.4 Å². The highest BCUT2D eigenvalue weighted by molar-refractivity contribution is 5.65. The summed E-state index contributed by atoms with van der Waals surface area (Å²) in [5.74, 6) is 0.599. The van der Waals surface area contributed by atoms with Crippen molar-refractivity contribution in [2.24, 2.45) is 0 Å². The van der Waals surface area contributed by atoms with Crippen LogP contribution in [0.4, 0.5) is 14.6 Å². The van der Waals surface area contributed by atoms with Gasteiger partial charge in [0.1, 0.15) is 0 Å². The molecule has 29 heavy (non-hydrogen) atoms. The molecule has 1 saturated carbocycles. The highest BCUT2D eigenvalue weighted by Crippen LogP contribution is 2.42. The summed E-state index contributed by atoms with van der Waals surface area (Å²) in [6, 6.07) is 5.63. The highest BCUT2D eigenvalue weighted by Gasteiger charge is 2.33. The van der Waals surface area contributed by atoms with Gasteiger partial charge >= 0.3 is 6.61 Å². The molecule has 0 bridgehead atoms. The van der Waals surface area contributed by atoms with Crippen molar-refractivity contribution < 1.29 is 18.6 Å². The molecule has 156 valence electrons. The Balaban J connectivity index is 1.60. The number of ether oxygens (including phenoxy) is 1. The lowest BCUT2D eigenvalue weighted by Gasteiger charge is -2.42. The smallest absolute Gasteiger partial charge is 0.387 e. The van der Waals surface area contributed by atoms with Crippen LogP contribution in [0.3, 0.4) is 0 Å². The van der Waals surface area contributed by atoms with Gasteiger partial charge in [-0.1, -0.05) is 0 Å². The van der Waals surface area contributed by atoms with E-state index in [4.69, 9.17) is 10.7 Å². The number of likely N-dealkylation sites (tertiary alicyclic amines) is 1. The van der Waals surface area contributed by atoms with Gasteiger partial charge in [0.2, 0.25) is 0 Å². The first-order valence-electron chi connectivity index (χ1n) is 9.85. The standard InChI is InChI=1S/C21H26F2N4O2/c1-21(2,28)11-27-9-15(10-27)13-5-16(12-3-4-12)26-17(6-13)14-7-18(29-20(22)23)19(24)25-8-14/h5-8,12,15,20,28H,3-4,9-11H2,1-2H3,(H2,24,25). The van der Waals surface area contributed by atoms with Gasteiger partial charge in [-0.15, -0.1) is 0 Å². The van der Waals surface area contributed by atoms with Crippen LogP contribution < -0.4 is 10.5 Å². The molecule has 0 unspecified atom stereocenters. The summed E-state index contributed by atoms with van der Waals surface area (Å²) in [5.41, 5.74) is 8.45. The molecule has 0 spiro atoms. The largest absolute Gasteiger partial charge is 0.431 e. The van der Waals surface area contributed by atoms with E-state index in [2.05, 4.69) is 20.7 Å². The molecule has 4 rings (SSSR count). The minimum atomic E-state index is -2.97. The van der Waals surface area contributed by atoms with Gasteiger partial charge < -0.3 is 15.6 Å². The molecule has 0 atom stereocenters. The zero-order chi connectivity index (χ0) is 20.8. The van der Waals surface area contributed by atoms with Crippen molar-refractivity contribution in [1.82, 2.24) is 14.9 Å². The zero-order valence-corrected chi connectivity index (χ0v) is 16.6. The Labute approximate surface area is 168 Å². The number of alkyl halides is 2. The number of nitrogens with zero attached hydrogens (tertiary/aromatic N) is 3. The fourth-order valence-electron chi connectivity index (χ4n) is 3.79. The molecule has 0 amide bonds. The molecule has 1 saturated heterocycles. The molecule has 2 aromatic heterocycles. The van der Waals surface area contributed by atoms with E-state index >= 15 is 0 Å². The van der Waals surface area contributed by atoms with Crippen molar-refractivity contribution in [1.29, 1.82) is 0 Å². The van der Waals surface area contributed by atoms with Crippen LogP contribution in [-0.2, 0) is 0 Å². The highest BCUT2D eigenvalue weighted by atomic mass is 19.3. The van der Waals surface area contributed by atoms with E-state index in [1.165, 1.54) is 17.8 Å².